The third kappa shape index (κ3) is 3.17. The molecule has 0 saturated heterocycles. The Bertz CT molecular complexity index is 607. The van der Waals surface area contributed by atoms with Gasteiger partial charge in [0.05, 0.1) is 10.6 Å². The third-order valence-electron chi connectivity index (χ3n) is 2.71. The quantitative estimate of drug-likeness (QED) is 0.904. The molecule has 0 aliphatic heterocycles. The van der Waals surface area contributed by atoms with E-state index in [-0.39, 0.29) is 5.02 Å². The van der Waals surface area contributed by atoms with Gasteiger partial charge in [-0.15, -0.1) is 0 Å². The van der Waals surface area contributed by atoms with Crippen molar-refractivity contribution in [2.75, 3.05) is 11.9 Å². The molecule has 0 aliphatic carbocycles. The fraction of sp³-hybridized carbons (Fsp3) is 0.286. The van der Waals surface area contributed by atoms with Gasteiger partial charge >= 0.3 is 0 Å². The van der Waals surface area contributed by atoms with Crippen molar-refractivity contribution in [3.8, 4) is 11.6 Å². The van der Waals surface area contributed by atoms with Gasteiger partial charge in [-0.3, -0.25) is 0 Å². The number of aromatic nitrogens is 2. The second kappa shape index (κ2) is 6.52. The summed E-state index contributed by atoms with van der Waals surface area (Å²) in [5.41, 5.74) is 0.870. The van der Waals surface area contributed by atoms with Crippen LogP contribution >= 0.6 is 11.6 Å². The predicted octanol–water partition coefficient (Wildman–Crippen LogP) is 4.06. The molecule has 1 heterocycles. The first-order valence-corrected chi connectivity index (χ1v) is 6.74. The number of ether oxygens (including phenoxy) is 1. The maximum Gasteiger partial charge on any atom is 0.227 e. The average Bonchev–Trinajstić information content (AvgIpc) is 2.44. The van der Waals surface area contributed by atoms with Crippen molar-refractivity contribution in [1.82, 2.24) is 9.97 Å². The van der Waals surface area contributed by atoms with Crippen LogP contribution in [0.1, 0.15) is 19.4 Å². The molecule has 0 fully saturated rings. The van der Waals surface area contributed by atoms with Gasteiger partial charge in [0.25, 0.3) is 0 Å². The van der Waals surface area contributed by atoms with Gasteiger partial charge in [0, 0.05) is 12.6 Å². The van der Waals surface area contributed by atoms with Crippen LogP contribution in [0.3, 0.4) is 0 Å². The van der Waals surface area contributed by atoms with E-state index in [0.29, 0.717) is 18.1 Å². The second-order valence-electron chi connectivity index (χ2n) is 4.07. The Kier molecular flexibility index (Phi) is 4.74. The molecule has 0 atom stereocenters. The third-order valence-corrected chi connectivity index (χ3v) is 3.00. The highest BCUT2D eigenvalue weighted by Gasteiger charge is 2.12. The minimum absolute atomic E-state index is 0.0153. The molecule has 0 bridgehead atoms. The van der Waals surface area contributed by atoms with Gasteiger partial charge in [0.1, 0.15) is 23.7 Å². The van der Waals surface area contributed by atoms with E-state index in [4.69, 9.17) is 16.3 Å². The van der Waals surface area contributed by atoms with Crippen LogP contribution < -0.4 is 10.1 Å². The number of hydrogen-bond acceptors (Lipinski definition) is 4. The number of rotatable bonds is 5. The molecule has 6 heteroatoms. The lowest BCUT2D eigenvalue weighted by molar-refractivity contribution is 0.454. The Labute approximate surface area is 122 Å². The van der Waals surface area contributed by atoms with Gasteiger partial charge in [0.15, 0.2) is 0 Å². The number of nitrogens with one attached hydrogen (secondary N) is 1. The van der Waals surface area contributed by atoms with Crippen LogP contribution in [0.5, 0.6) is 11.6 Å². The predicted molar refractivity (Wildman–Crippen MR) is 77.1 cm³/mol. The summed E-state index contributed by atoms with van der Waals surface area (Å²) < 4.78 is 18.8. The molecule has 0 saturated carbocycles. The summed E-state index contributed by atoms with van der Waals surface area (Å²) in [5.74, 6) is 1.15. The van der Waals surface area contributed by atoms with Crippen molar-refractivity contribution in [3.05, 3.63) is 40.9 Å². The second-order valence-corrected chi connectivity index (χ2v) is 4.48. The van der Waals surface area contributed by atoms with Crippen molar-refractivity contribution in [3.63, 3.8) is 0 Å². The van der Waals surface area contributed by atoms with Crippen molar-refractivity contribution < 1.29 is 9.13 Å². The van der Waals surface area contributed by atoms with Crippen LogP contribution in [-0.2, 0) is 6.42 Å². The normalized spacial score (nSPS) is 10.4. The van der Waals surface area contributed by atoms with Gasteiger partial charge in [-0.25, -0.2) is 14.4 Å². The number of nitrogens with zero attached hydrogens (tertiary/aromatic N) is 2. The largest absolute Gasteiger partial charge is 0.438 e. The molecule has 0 aliphatic rings. The topological polar surface area (TPSA) is 47.0 Å². The van der Waals surface area contributed by atoms with Crippen LogP contribution in [0.2, 0.25) is 5.02 Å². The molecule has 0 amide bonds. The molecular formula is C14H15ClFN3O. The Hall–Kier alpha value is -1.88. The molecule has 1 aromatic heterocycles. The van der Waals surface area contributed by atoms with Crippen LogP contribution in [0, 0.1) is 5.82 Å². The van der Waals surface area contributed by atoms with E-state index in [0.717, 1.165) is 17.9 Å². The van der Waals surface area contributed by atoms with Gasteiger partial charge < -0.3 is 10.1 Å². The highest BCUT2D eigenvalue weighted by atomic mass is 35.5. The summed E-state index contributed by atoms with van der Waals surface area (Å²) in [4.78, 5) is 8.31. The highest BCUT2D eigenvalue weighted by Crippen LogP contribution is 2.29. The molecule has 4 nitrogen and oxygen atoms in total. The van der Waals surface area contributed by atoms with Crippen LogP contribution in [0.4, 0.5) is 10.2 Å². The Morgan fingerprint density at radius 1 is 1.30 bits per heavy atom. The number of anilines is 1. The van der Waals surface area contributed by atoms with Gasteiger partial charge in [-0.2, -0.15) is 0 Å². The zero-order valence-electron chi connectivity index (χ0n) is 11.3. The summed E-state index contributed by atoms with van der Waals surface area (Å²) in [6.45, 7) is 4.73. The molecule has 2 rings (SSSR count). The first kappa shape index (κ1) is 14.5. The van der Waals surface area contributed by atoms with Gasteiger partial charge in [-0.1, -0.05) is 18.5 Å². The zero-order chi connectivity index (χ0) is 14.5. The highest BCUT2D eigenvalue weighted by molar-refractivity contribution is 6.30. The van der Waals surface area contributed by atoms with E-state index in [1.54, 1.807) is 0 Å². The van der Waals surface area contributed by atoms with E-state index >= 15 is 0 Å². The fourth-order valence-corrected chi connectivity index (χ4v) is 1.95. The maximum absolute atomic E-state index is 13.1. The van der Waals surface area contributed by atoms with Crippen molar-refractivity contribution in [2.24, 2.45) is 0 Å². The lowest BCUT2D eigenvalue weighted by Gasteiger charge is -2.12. The van der Waals surface area contributed by atoms with Crippen LogP contribution in [0.15, 0.2) is 24.5 Å². The van der Waals surface area contributed by atoms with E-state index in [1.165, 1.54) is 24.5 Å². The standard InChI is InChI=1S/C14H15ClFN3O/c1-3-10-13(17-4-2)18-8-19-14(10)20-9-5-6-12(16)11(15)7-9/h5-8H,3-4H2,1-2H3,(H,17,18,19). The molecule has 106 valence electrons. The maximum atomic E-state index is 13.1. The Morgan fingerprint density at radius 3 is 2.75 bits per heavy atom. The Morgan fingerprint density at radius 2 is 2.10 bits per heavy atom. The molecule has 0 radical (unpaired) electrons. The molecule has 20 heavy (non-hydrogen) atoms. The summed E-state index contributed by atoms with van der Waals surface area (Å²) >= 11 is 5.73. The first-order chi connectivity index (χ1) is 9.65. The summed E-state index contributed by atoms with van der Waals surface area (Å²) in [5, 5.41) is 3.17. The van der Waals surface area contributed by atoms with E-state index in [9.17, 15) is 4.39 Å². The number of halogens is 2. The molecule has 0 unspecified atom stereocenters. The molecule has 1 aromatic carbocycles. The number of benzene rings is 1. The smallest absolute Gasteiger partial charge is 0.227 e. The monoisotopic (exact) mass is 295 g/mol. The lowest BCUT2D eigenvalue weighted by atomic mass is 10.2. The van der Waals surface area contributed by atoms with Crippen molar-refractivity contribution >= 4 is 17.4 Å². The van der Waals surface area contributed by atoms with Crippen molar-refractivity contribution in [2.45, 2.75) is 20.3 Å². The van der Waals surface area contributed by atoms with Gasteiger partial charge in [-0.05, 0) is 25.5 Å². The van der Waals surface area contributed by atoms with E-state index < -0.39 is 5.82 Å². The molecular weight excluding hydrogens is 281 g/mol. The first-order valence-electron chi connectivity index (χ1n) is 6.36. The summed E-state index contributed by atoms with van der Waals surface area (Å²) in [6.07, 6.45) is 2.14. The minimum atomic E-state index is -0.481. The summed E-state index contributed by atoms with van der Waals surface area (Å²) in [6, 6.07) is 4.19. The molecule has 0 spiro atoms. The zero-order valence-corrected chi connectivity index (χ0v) is 12.0. The van der Waals surface area contributed by atoms with Gasteiger partial charge in [0.2, 0.25) is 5.88 Å². The molecule has 2 aromatic rings. The van der Waals surface area contributed by atoms with Crippen molar-refractivity contribution in [1.29, 1.82) is 0 Å². The SMILES string of the molecule is CCNc1ncnc(Oc2ccc(F)c(Cl)c2)c1CC. The summed E-state index contributed by atoms with van der Waals surface area (Å²) in [7, 11) is 0. The number of hydrogen-bond donors (Lipinski definition) is 1. The van der Waals surface area contributed by atoms with E-state index in [2.05, 4.69) is 15.3 Å². The molecule has 1 N–H and O–H groups in total. The fourth-order valence-electron chi connectivity index (χ4n) is 1.77. The Balaban J connectivity index is 2.32. The lowest BCUT2D eigenvalue weighted by Crippen LogP contribution is -2.05. The average molecular weight is 296 g/mol. The minimum Gasteiger partial charge on any atom is -0.438 e. The van der Waals surface area contributed by atoms with Crippen LogP contribution in [-0.4, -0.2) is 16.5 Å². The van der Waals surface area contributed by atoms with Crippen LogP contribution in [0.25, 0.3) is 0 Å². The van der Waals surface area contributed by atoms with E-state index in [1.807, 2.05) is 13.8 Å².